The molecule has 0 aliphatic heterocycles. The molecule has 10 aromatic carbocycles. The summed E-state index contributed by atoms with van der Waals surface area (Å²) >= 11 is 5.65. The van der Waals surface area contributed by atoms with Crippen LogP contribution in [0.3, 0.4) is 0 Å². The second-order valence-corrected chi connectivity index (χ2v) is 19.6. The standard InChI is InChI=1S/C60H37NS3/c1-3-13-38(14-4-1)42-35-52(39-15-5-2-6-16-39)60-54(36-42)53-37-45(33-34-57(53)64-60)61(43-29-25-40(26-30-43)46-19-11-21-50-48-17-7-9-23-55(48)62-58(46)50)44-31-27-41(28-32-44)47-20-12-22-51-49-18-8-10-24-56(49)63-59(47)51/h1-37H. The minimum atomic E-state index is 1.11. The molecule has 0 N–H and O–H groups in total. The van der Waals surface area contributed by atoms with Gasteiger partial charge in [0.25, 0.3) is 0 Å². The van der Waals surface area contributed by atoms with Crippen molar-refractivity contribution in [2.75, 3.05) is 4.90 Å². The average molecular weight is 868 g/mol. The molecule has 0 amide bonds. The van der Waals surface area contributed by atoms with Crippen molar-refractivity contribution in [3.8, 4) is 44.5 Å². The van der Waals surface area contributed by atoms with Gasteiger partial charge < -0.3 is 4.90 Å². The Balaban J connectivity index is 0.974. The second-order valence-electron chi connectivity index (χ2n) is 16.4. The van der Waals surface area contributed by atoms with Crippen LogP contribution in [0.2, 0.25) is 0 Å². The molecule has 0 fully saturated rings. The van der Waals surface area contributed by atoms with E-state index in [2.05, 4.69) is 229 Å². The van der Waals surface area contributed by atoms with Gasteiger partial charge in [0.2, 0.25) is 0 Å². The van der Waals surface area contributed by atoms with Crippen LogP contribution in [0, 0.1) is 0 Å². The fourth-order valence-electron chi connectivity index (χ4n) is 9.61. The first kappa shape index (κ1) is 37.2. The van der Waals surface area contributed by atoms with Crippen molar-refractivity contribution in [2.24, 2.45) is 0 Å². The minimum Gasteiger partial charge on any atom is -0.310 e. The van der Waals surface area contributed by atoms with Crippen molar-refractivity contribution < 1.29 is 0 Å². The first-order valence-electron chi connectivity index (χ1n) is 21.6. The SMILES string of the molecule is c1ccc(-c2cc(-c3ccccc3)c3sc4ccc(N(c5ccc(-c6cccc7c6sc6ccccc67)cc5)c5ccc(-c6cccc7c6sc6ccccc67)cc5)cc4c3c2)cc1. The smallest absolute Gasteiger partial charge is 0.0468 e. The maximum Gasteiger partial charge on any atom is 0.0468 e. The van der Waals surface area contributed by atoms with Crippen molar-refractivity contribution in [2.45, 2.75) is 0 Å². The summed E-state index contributed by atoms with van der Waals surface area (Å²) < 4.78 is 7.89. The molecule has 4 heteroatoms. The van der Waals surface area contributed by atoms with Gasteiger partial charge in [-0.1, -0.05) is 158 Å². The molecular formula is C60H37NS3. The Morgan fingerprint density at radius 2 is 0.672 bits per heavy atom. The number of rotatable bonds is 7. The van der Waals surface area contributed by atoms with E-state index in [-0.39, 0.29) is 0 Å². The molecule has 13 rings (SSSR count). The lowest BCUT2D eigenvalue weighted by Crippen LogP contribution is -2.09. The summed E-state index contributed by atoms with van der Waals surface area (Å²) in [6.07, 6.45) is 0. The summed E-state index contributed by atoms with van der Waals surface area (Å²) in [6.45, 7) is 0. The van der Waals surface area contributed by atoms with Gasteiger partial charge in [-0.2, -0.15) is 0 Å². The highest BCUT2D eigenvalue weighted by atomic mass is 32.1. The quantitative estimate of drug-likeness (QED) is 0.154. The Morgan fingerprint density at radius 3 is 1.23 bits per heavy atom. The van der Waals surface area contributed by atoms with Gasteiger partial charge in [-0.05, 0) is 106 Å². The lowest BCUT2D eigenvalue weighted by atomic mass is 9.96. The van der Waals surface area contributed by atoms with Crippen molar-refractivity contribution in [1.29, 1.82) is 0 Å². The third-order valence-corrected chi connectivity index (χ3v) is 16.3. The van der Waals surface area contributed by atoms with E-state index in [0.29, 0.717) is 0 Å². The van der Waals surface area contributed by atoms with Crippen molar-refractivity contribution in [3.05, 3.63) is 224 Å². The molecule has 0 atom stereocenters. The maximum absolute atomic E-state index is 2.43. The summed E-state index contributed by atoms with van der Waals surface area (Å²) in [5.41, 5.74) is 13.3. The van der Waals surface area contributed by atoms with Crippen LogP contribution >= 0.6 is 34.0 Å². The molecule has 64 heavy (non-hydrogen) atoms. The highest BCUT2D eigenvalue weighted by molar-refractivity contribution is 7.27. The molecule has 0 radical (unpaired) electrons. The number of hydrogen-bond donors (Lipinski definition) is 0. The highest BCUT2D eigenvalue weighted by Gasteiger charge is 2.19. The Bertz CT molecular complexity index is 3720. The summed E-state index contributed by atoms with van der Waals surface area (Å²) in [4.78, 5) is 2.43. The summed E-state index contributed by atoms with van der Waals surface area (Å²) in [5.74, 6) is 0. The van der Waals surface area contributed by atoms with E-state index in [1.807, 2.05) is 34.0 Å². The zero-order valence-corrected chi connectivity index (χ0v) is 37.0. The Morgan fingerprint density at radius 1 is 0.234 bits per heavy atom. The van der Waals surface area contributed by atoms with E-state index in [0.717, 1.165) is 17.1 Å². The molecule has 1 nitrogen and oxygen atoms in total. The van der Waals surface area contributed by atoms with Gasteiger partial charge in [0, 0.05) is 83.1 Å². The first-order chi connectivity index (χ1) is 31.7. The van der Waals surface area contributed by atoms with Crippen molar-refractivity contribution >= 4 is 112 Å². The number of anilines is 3. The Hall–Kier alpha value is -7.34. The highest BCUT2D eigenvalue weighted by Crippen LogP contribution is 2.47. The predicted octanol–water partition coefficient (Wildman–Crippen LogP) is 18.9. The summed E-state index contributed by atoms with van der Waals surface area (Å²) in [7, 11) is 0. The summed E-state index contributed by atoms with van der Waals surface area (Å²) in [5, 5.41) is 7.82. The van der Waals surface area contributed by atoms with Crippen LogP contribution in [-0.4, -0.2) is 0 Å². The van der Waals surface area contributed by atoms with Crippen LogP contribution < -0.4 is 4.90 Å². The molecule has 0 saturated heterocycles. The maximum atomic E-state index is 2.43. The van der Waals surface area contributed by atoms with Crippen LogP contribution in [0.25, 0.3) is 105 Å². The molecule has 0 bridgehead atoms. The molecule has 0 aliphatic rings. The topological polar surface area (TPSA) is 3.24 Å². The molecular weight excluding hydrogens is 831 g/mol. The minimum absolute atomic E-state index is 1.11. The molecule has 0 saturated carbocycles. The Kier molecular flexibility index (Phi) is 8.83. The number of hydrogen-bond acceptors (Lipinski definition) is 4. The molecule has 0 spiro atoms. The molecule has 13 aromatic rings. The molecule has 300 valence electrons. The normalized spacial score (nSPS) is 11.8. The Labute approximate surface area is 383 Å². The number of fused-ring (bicyclic) bond motifs is 9. The van der Waals surface area contributed by atoms with Gasteiger partial charge in [0.1, 0.15) is 0 Å². The van der Waals surface area contributed by atoms with Gasteiger partial charge in [-0.15, -0.1) is 34.0 Å². The van der Waals surface area contributed by atoms with Crippen molar-refractivity contribution in [3.63, 3.8) is 0 Å². The summed E-state index contributed by atoms with van der Waals surface area (Å²) in [6, 6.07) is 82.8. The first-order valence-corrected chi connectivity index (χ1v) is 24.1. The van der Waals surface area contributed by atoms with E-state index in [1.54, 1.807) is 0 Å². The molecule has 3 heterocycles. The monoisotopic (exact) mass is 867 g/mol. The number of benzene rings is 10. The van der Waals surface area contributed by atoms with Crippen molar-refractivity contribution in [1.82, 2.24) is 0 Å². The third-order valence-electron chi connectivity index (χ3n) is 12.7. The average Bonchev–Trinajstić information content (AvgIpc) is 4.06. The van der Waals surface area contributed by atoms with Gasteiger partial charge in [-0.3, -0.25) is 0 Å². The van der Waals surface area contributed by atoms with Gasteiger partial charge in [0.05, 0.1) is 0 Å². The predicted molar refractivity (Wildman–Crippen MR) is 282 cm³/mol. The largest absolute Gasteiger partial charge is 0.310 e. The third kappa shape index (κ3) is 6.17. The van der Waals surface area contributed by atoms with Gasteiger partial charge in [0.15, 0.2) is 0 Å². The fraction of sp³-hybridized carbons (Fsp3) is 0. The number of nitrogens with zero attached hydrogens (tertiary/aromatic N) is 1. The zero-order chi connectivity index (χ0) is 42.1. The van der Waals surface area contributed by atoms with Crippen LogP contribution in [0.15, 0.2) is 224 Å². The van der Waals surface area contributed by atoms with Crippen LogP contribution in [0.1, 0.15) is 0 Å². The van der Waals surface area contributed by atoms with Crippen LogP contribution in [-0.2, 0) is 0 Å². The van der Waals surface area contributed by atoms with E-state index >= 15 is 0 Å². The van der Waals surface area contributed by atoms with E-state index in [4.69, 9.17) is 0 Å². The molecule has 3 aromatic heterocycles. The zero-order valence-electron chi connectivity index (χ0n) is 34.5. The molecule has 0 unspecified atom stereocenters. The lowest BCUT2D eigenvalue weighted by Gasteiger charge is -2.26. The second kappa shape index (κ2) is 15.2. The van der Waals surface area contributed by atoms with Crippen LogP contribution in [0.4, 0.5) is 17.1 Å². The van der Waals surface area contributed by atoms with E-state index in [1.165, 1.54) is 105 Å². The van der Waals surface area contributed by atoms with E-state index < -0.39 is 0 Å². The number of thiophene rings is 3. The lowest BCUT2D eigenvalue weighted by molar-refractivity contribution is 1.29. The molecule has 0 aliphatic carbocycles. The fourth-order valence-corrected chi connectivity index (χ4v) is 13.3. The van der Waals surface area contributed by atoms with Gasteiger partial charge >= 0.3 is 0 Å². The van der Waals surface area contributed by atoms with Crippen LogP contribution in [0.5, 0.6) is 0 Å². The van der Waals surface area contributed by atoms with E-state index in [9.17, 15) is 0 Å². The van der Waals surface area contributed by atoms with Gasteiger partial charge in [-0.25, -0.2) is 0 Å².